The summed E-state index contributed by atoms with van der Waals surface area (Å²) < 4.78 is 11.2. The van der Waals surface area contributed by atoms with Crippen LogP contribution in [0.4, 0.5) is 0 Å². The molecule has 0 spiro atoms. The van der Waals surface area contributed by atoms with Gasteiger partial charge in [0.2, 0.25) is 0 Å². The van der Waals surface area contributed by atoms with Crippen LogP contribution in [0.2, 0.25) is 0 Å². The third-order valence-electron chi connectivity index (χ3n) is 3.23. The summed E-state index contributed by atoms with van der Waals surface area (Å²) in [6.45, 7) is 0. The van der Waals surface area contributed by atoms with Gasteiger partial charge in [-0.15, -0.1) is 0 Å². The first kappa shape index (κ1) is 15.1. The van der Waals surface area contributed by atoms with Gasteiger partial charge < -0.3 is 25.1 Å². The second kappa shape index (κ2) is 5.36. The van der Waals surface area contributed by atoms with Crippen LogP contribution in [0.25, 0.3) is 0 Å². The van der Waals surface area contributed by atoms with E-state index in [0.29, 0.717) is 12.8 Å². The van der Waals surface area contributed by atoms with Gasteiger partial charge in [0.05, 0.1) is 12.0 Å². The minimum Gasteiger partial charge on any atom is -0.481 e. The van der Waals surface area contributed by atoms with Gasteiger partial charge in [-0.25, -0.2) is 0 Å². The predicted molar refractivity (Wildman–Crippen MR) is 57.9 cm³/mol. The third-order valence-corrected chi connectivity index (χ3v) is 4.50. The zero-order chi connectivity index (χ0) is 14.1. The van der Waals surface area contributed by atoms with E-state index < -0.39 is 43.1 Å². The lowest BCUT2D eigenvalue weighted by atomic mass is 9.86. The molecule has 1 fully saturated rings. The molecule has 104 valence electrons. The quantitative estimate of drug-likeness (QED) is 0.422. The molecule has 0 aromatic rings. The summed E-state index contributed by atoms with van der Waals surface area (Å²) in [5, 5.41) is 27.4. The van der Waals surface area contributed by atoms with Gasteiger partial charge in [-0.05, 0) is 18.8 Å². The molecule has 1 rings (SSSR count). The molecule has 5 N–H and O–H groups in total. The molecule has 1 aliphatic carbocycles. The molecule has 9 heteroatoms. The number of carboxylic acid groups (broad SMARTS) is 2. The van der Waals surface area contributed by atoms with Crippen LogP contribution in [-0.2, 0) is 14.2 Å². The smallest absolute Gasteiger partial charge is 0.340 e. The first-order valence-electron chi connectivity index (χ1n) is 5.35. The van der Waals surface area contributed by atoms with Gasteiger partial charge in [0.25, 0.3) is 0 Å². The lowest BCUT2D eigenvalue weighted by molar-refractivity contribution is -0.151. The number of aliphatic carboxylic acids is 2. The highest BCUT2D eigenvalue weighted by Crippen LogP contribution is 2.49. The summed E-state index contributed by atoms with van der Waals surface area (Å²) in [5.74, 6) is -6.22. The molecular weight excluding hydrogens is 267 g/mol. The number of carboxylic acids is 2. The highest BCUT2D eigenvalue weighted by molar-refractivity contribution is 7.53. The van der Waals surface area contributed by atoms with Gasteiger partial charge in [0, 0.05) is 0 Å². The number of carbonyl (C=O) groups is 2. The molecule has 0 radical (unpaired) electrons. The van der Waals surface area contributed by atoms with Crippen molar-refractivity contribution in [2.75, 3.05) is 0 Å². The maximum Gasteiger partial charge on any atom is 0.340 e. The SMILES string of the molecule is O=C(O)C(C1CCCC1O)C(C(=O)O)P(=O)(O)O. The molecular formula is C9H15O8P. The summed E-state index contributed by atoms with van der Waals surface area (Å²) in [5.41, 5.74) is -2.33. The molecule has 0 aromatic carbocycles. The number of hydrogen-bond donors (Lipinski definition) is 5. The molecule has 0 bridgehead atoms. The van der Waals surface area contributed by atoms with Crippen LogP contribution < -0.4 is 0 Å². The van der Waals surface area contributed by atoms with Crippen molar-refractivity contribution in [3.05, 3.63) is 0 Å². The minimum atomic E-state index is -5.11. The first-order chi connectivity index (χ1) is 8.16. The van der Waals surface area contributed by atoms with Crippen molar-refractivity contribution in [2.45, 2.75) is 31.0 Å². The Balaban J connectivity index is 3.13. The summed E-state index contributed by atoms with van der Waals surface area (Å²) >= 11 is 0. The summed E-state index contributed by atoms with van der Waals surface area (Å²) in [6, 6.07) is 0. The summed E-state index contributed by atoms with van der Waals surface area (Å²) in [6.07, 6.45) is 0.00645. The molecule has 18 heavy (non-hydrogen) atoms. The Bertz CT molecular complexity index is 388. The van der Waals surface area contributed by atoms with E-state index in [0.717, 1.165) is 0 Å². The lowest BCUT2D eigenvalue weighted by Crippen LogP contribution is -2.42. The highest BCUT2D eigenvalue weighted by Gasteiger charge is 2.51. The minimum absolute atomic E-state index is 0.238. The van der Waals surface area contributed by atoms with Gasteiger partial charge in [-0.1, -0.05) is 6.42 Å². The average Bonchev–Trinajstić information content (AvgIpc) is 2.57. The van der Waals surface area contributed by atoms with Crippen molar-refractivity contribution >= 4 is 19.5 Å². The van der Waals surface area contributed by atoms with Crippen molar-refractivity contribution in [1.82, 2.24) is 0 Å². The van der Waals surface area contributed by atoms with E-state index in [1.54, 1.807) is 0 Å². The van der Waals surface area contributed by atoms with Crippen LogP contribution in [0.3, 0.4) is 0 Å². The Kier molecular flexibility index (Phi) is 4.50. The zero-order valence-electron chi connectivity index (χ0n) is 9.34. The van der Waals surface area contributed by atoms with E-state index in [4.69, 9.17) is 20.0 Å². The Morgan fingerprint density at radius 2 is 1.67 bits per heavy atom. The molecule has 0 saturated heterocycles. The fraction of sp³-hybridized carbons (Fsp3) is 0.778. The second-order valence-corrected chi connectivity index (χ2v) is 6.13. The zero-order valence-corrected chi connectivity index (χ0v) is 10.2. The number of hydrogen-bond acceptors (Lipinski definition) is 4. The van der Waals surface area contributed by atoms with E-state index in [-0.39, 0.29) is 6.42 Å². The number of aliphatic hydroxyl groups excluding tert-OH is 1. The Morgan fingerprint density at radius 3 is 1.94 bits per heavy atom. The monoisotopic (exact) mass is 282 g/mol. The Morgan fingerprint density at radius 1 is 1.11 bits per heavy atom. The molecule has 0 amide bonds. The molecule has 1 saturated carbocycles. The maximum absolute atomic E-state index is 11.2. The normalized spacial score (nSPS) is 27.7. The Hall–Kier alpha value is -0.950. The van der Waals surface area contributed by atoms with Crippen molar-refractivity contribution in [2.24, 2.45) is 11.8 Å². The molecule has 0 aliphatic heterocycles. The number of aliphatic hydroxyl groups is 1. The van der Waals surface area contributed by atoms with Crippen LogP contribution in [-0.4, -0.2) is 48.8 Å². The summed E-state index contributed by atoms with van der Waals surface area (Å²) in [7, 11) is -5.11. The summed E-state index contributed by atoms with van der Waals surface area (Å²) in [4.78, 5) is 40.0. The van der Waals surface area contributed by atoms with Crippen molar-refractivity contribution in [1.29, 1.82) is 0 Å². The van der Waals surface area contributed by atoms with E-state index in [1.165, 1.54) is 0 Å². The van der Waals surface area contributed by atoms with Crippen molar-refractivity contribution in [3.63, 3.8) is 0 Å². The van der Waals surface area contributed by atoms with Gasteiger partial charge in [-0.2, -0.15) is 0 Å². The van der Waals surface area contributed by atoms with Gasteiger partial charge >= 0.3 is 19.5 Å². The molecule has 4 unspecified atom stereocenters. The standard InChI is InChI=1S/C9H15O8P/c10-5-3-1-2-4(5)6(8(11)12)7(9(13)14)18(15,16)17/h4-7,10H,1-3H2,(H,11,12)(H,13,14)(H2,15,16,17). The van der Waals surface area contributed by atoms with E-state index in [1.807, 2.05) is 0 Å². The van der Waals surface area contributed by atoms with Gasteiger partial charge in [0.1, 0.15) is 0 Å². The second-order valence-electron chi connectivity index (χ2n) is 4.40. The van der Waals surface area contributed by atoms with Crippen LogP contribution in [0.1, 0.15) is 19.3 Å². The number of rotatable bonds is 5. The molecule has 1 aliphatic rings. The van der Waals surface area contributed by atoms with Crippen LogP contribution in [0.15, 0.2) is 0 Å². The fourth-order valence-corrected chi connectivity index (χ4v) is 3.50. The predicted octanol–water partition coefficient (Wildman–Crippen LogP) is -0.521. The molecule has 0 aromatic heterocycles. The van der Waals surface area contributed by atoms with Crippen molar-refractivity contribution in [3.8, 4) is 0 Å². The highest BCUT2D eigenvalue weighted by atomic mass is 31.2. The van der Waals surface area contributed by atoms with E-state index in [2.05, 4.69) is 0 Å². The van der Waals surface area contributed by atoms with Gasteiger partial charge in [0.15, 0.2) is 5.66 Å². The average molecular weight is 282 g/mol. The fourth-order valence-electron chi connectivity index (χ4n) is 2.45. The maximum atomic E-state index is 11.2. The van der Waals surface area contributed by atoms with Crippen LogP contribution >= 0.6 is 7.60 Å². The molecule has 4 atom stereocenters. The van der Waals surface area contributed by atoms with Gasteiger partial charge in [-0.3, -0.25) is 14.2 Å². The lowest BCUT2D eigenvalue weighted by Gasteiger charge is -2.27. The Labute approximate surface area is 102 Å². The van der Waals surface area contributed by atoms with Crippen molar-refractivity contribution < 1.29 is 39.3 Å². The topological polar surface area (TPSA) is 152 Å². The molecule has 0 heterocycles. The van der Waals surface area contributed by atoms with Crippen LogP contribution in [0, 0.1) is 11.8 Å². The largest absolute Gasteiger partial charge is 0.481 e. The third kappa shape index (κ3) is 3.08. The van der Waals surface area contributed by atoms with E-state index in [9.17, 15) is 19.3 Å². The first-order valence-corrected chi connectivity index (χ1v) is 7.03. The van der Waals surface area contributed by atoms with Crippen LogP contribution in [0.5, 0.6) is 0 Å². The molecule has 8 nitrogen and oxygen atoms in total. The van der Waals surface area contributed by atoms with E-state index >= 15 is 0 Å².